The van der Waals surface area contributed by atoms with Crippen molar-refractivity contribution in [1.82, 2.24) is 10.6 Å². The maximum absolute atomic E-state index is 11.5. The molecule has 1 heterocycles. The quantitative estimate of drug-likeness (QED) is 0.821. The molecule has 0 aromatic rings. The van der Waals surface area contributed by atoms with E-state index in [0.717, 1.165) is 17.5 Å². The standard InChI is InChI=1S/C13H23N3OS/c1-10(2)16-11(17)7-14-12-15-8-13(9-18-12)5-3-4-6-13/h10H,3-9H2,1-2H3,(H,14,15)(H,16,17). The zero-order valence-electron chi connectivity index (χ0n) is 11.3. The van der Waals surface area contributed by atoms with Crippen molar-refractivity contribution < 1.29 is 4.79 Å². The minimum atomic E-state index is 0.0365. The lowest BCUT2D eigenvalue weighted by atomic mass is 9.89. The van der Waals surface area contributed by atoms with Gasteiger partial charge in [0.1, 0.15) is 0 Å². The van der Waals surface area contributed by atoms with Crippen molar-refractivity contribution in [2.75, 3.05) is 18.8 Å². The average Bonchev–Trinajstić information content (AvgIpc) is 2.76. The average molecular weight is 269 g/mol. The minimum absolute atomic E-state index is 0.0365. The predicted molar refractivity (Wildman–Crippen MR) is 76.9 cm³/mol. The molecule has 1 amide bonds. The Hall–Kier alpha value is -0.710. The molecule has 18 heavy (non-hydrogen) atoms. The SMILES string of the molecule is CC(C)NC(=O)CNC1=NCC2(CCCC2)CS1. The zero-order valence-corrected chi connectivity index (χ0v) is 12.1. The van der Waals surface area contributed by atoms with E-state index in [2.05, 4.69) is 15.6 Å². The van der Waals surface area contributed by atoms with Crippen LogP contribution in [-0.2, 0) is 4.79 Å². The second kappa shape index (κ2) is 5.95. The highest BCUT2D eigenvalue weighted by Gasteiger charge is 2.36. The van der Waals surface area contributed by atoms with Crippen LogP contribution in [0.4, 0.5) is 0 Å². The molecule has 5 heteroatoms. The number of rotatable bonds is 3. The van der Waals surface area contributed by atoms with E-state index in [0.29, 0.717) is 12.0 Å². The first-order chi connectivity index (χ1) is 8.60. The summed E-state index contributed by atoms with van der Waals surface area (Å²) in [6, 6.07) is 0.196. The van der Waals surface area contributed by atoms with Crippen LogP contribution >= 0.6 is 11.8 Å². The highest BCUT2D eigenvalue weighted by molar-refractivity contribution is 8.13. The van der Waals surface area contributed by atoms with Crippen molar-refractivity contribution in [1.29, 1.82) is 0 Å². The van der Waals surface area contributed by atoms with Crippen molar-refractivity contribution in [2.45, 2.75) is 45.6 Å². The molecule has 1 aliphatic heterocycles. The lowest BCUT2D eigenvalue weighted by Crippen LogP contribution is -2.41. The highest BCUT2D eigenvalue weighted by atomic mass is 32.2. The Morgan fingerprint density at radius 2 is 2.17 bits per heavy atom. The fourth-order valence-corrected chi connectivity index (χ4v) is 3.77. The fraction of sp³-hybridized carbons (Fsp3) is 0.846. The normalized spacial score (nSPS) is 22.1. The highest BCUT2D eigenvalue weighted by Crippen LogP contribution is 2.43. The second-order valence-electron chi connectivity index (χ2n) is 5.69. The summed E-state index contributed by atoms with van der Waals surface area (Å²) in [5.74, 6) is 1.19. The van der Waals surface area contributed by atoms with Crippen LogP contribution < -0.4 is 10.6 Å². The summed E-state index contributed by atoms with van der Waals surface area (Å²) in [7, 11) is 0. The van der Waals surface area contributed by atoms with Gasteiger partial charge in [-0.15, -0.1) is 0 Å². The predicted octanol–water partition coefficient (Wildman–Crippen LogP) is 1.76. The number of thioether (sulfide) groups is 1. The van der Waals surface area contributed by atoms with E-state index in [9.17, 15) is 4.79 Å². The van der Waals surface area contributed by atoms with E-state index in [1.807, 2.05) is 13.8 Å². The topological polar surface area (TPSA) is 53.5 Å². The smallest absolute Gasteiger partial charge is 0.239 e. The molecule has 1 aliphatic carbocycles. The zero-order chi connectivity index (χ0) is 13.0. The van der Waals surface area contributed by atoms with Crippen LogP contribution in [0, 0.1) is 5.41 Å². The molecule has 2 aliphatic rings. The van der Waals surface area contributed by atoms with Gasteiger partial charge in [0.25, 0.3) is 0 Å². The Labute approximate surface area is 113 Å². The van der Waals surface area contributed by atoms with Gasteiger partial charge >= 0.3 is 0 Å². The largest absolute Gasteiger partial charge is 0.356 e. The van der Waals surface area contributed by atoms with Crippen LogP contribution in [0.1, 0.15) is 39.5 Å². The molecule has 4 nitrogen and oxygen atoms in total. The summed E-state index contributed by atoms with van der Waals surface area (Å²) >= 11 is 1.78. The van der Waals surface area contributed by atoms with Crippen LogP contribution in [0.3, 0.4) is 0 Å². The minimum Gasteiger partial charge on any atom is -0.356 e. The lowest BCUT2D eigenvalue weighted by molar-refractivity contribution is -0.120. The number of carbonyl (C=O) groups excluding carboxylic acids is 1. The van der Waals surface area contributed by atoms with Crippen LogP contribution in [0.2, 0.25) is 0 Å². The van der Waals surface area contributed by atoms with Gasteiger partial charge in [-0.05, 0) is 32.1 Å². The van der Waals surface area contributed by atoms with E-state index in [-0.39, 0.29) is 11.9 Å². The third-order valence-corrected chi connectivity index (χ3v) is 4.89. The molecule has 2 rings (SSSR count). The van der Waals surface area contributed by atoms with E-state index in [4.69, 9.17) is 0 Å². The maximum atomic E-state index is 11.5. The maximum Gasteiger partial charge on any atom is 0.239 e. The van der Waals surface area contributed by atoms with Crippen LogP contribution in [0.5, 0.6) is 0 Å². The third kappa shape index (κ3) is 3.64. The van der Waals surface area contributed by atoms with Gasteiger partial charge in [0.2, 0.25) is 5.91 Å². The Balaban J connectivity index is 1.75. The molecule has 1 saturated carbocycles. The van der Waals surface area contributed by atoms with Crippen molar-refractivity contribution in [3.63, 3.8) is 0 Å². The lowest BCUT2D eigenvalue weighted by Gasteiger charge is -2.31. The molecule has 0 atom stereocenters. The molecule has 0 unspecified atom stereocenters. The summed E-state index contributed by atoms with van der Waals surface area (Å²) in [4.78, 5) is 16.1. The monoisotopic (exact) mass is 269 g/mol. The van der Waals surface area contributed by atoms with Gasteiger partial charge in [0.15, 0.2) is 5.17 Å². The number of hydrogen-bond acceptors (Lipinski definition) is 4. The number of amidine groups is 1. The van der Waals surface area contributed by atoms with Crippen LogP contribution in [0.15, 0.2) is 4.99 Å². The number of amides is 1. The molecule has 1 fully saturated rings. The molecule has 0 radical (unpaired) electrons. The first-order valence-corrected chi connectivity index (χ1v) is 7.79. The molecule has 102 valence electrons. The summed E-state index contributed by atoms with van der Waals surface area (Å²) in [5.41, 5.74) is 0.468. The van der Waals surface area contributed by atoms with Gasteiger partial charge in [0, 0.05) is 18.3 Å². The summed E-state index contributed by atoms with van der Waals surface area (Å²) < 4.78 is 0. The summed E-state index contributed by atoms with van der Waals surface area (Å²) in [6.07, 6.45) is 5.36. The number of hydrogen-bond donors (Lipinski definition) is 2. The van der Waals surface area contributed by atoms with Crippen LogP contribution in [-0.4, -0.2) is 36.0 Å². The number of nitrogens with zero attached hydrogens (tertiary/aromatic N) is 1. The molecule has 2 N–H and O–H groups in total. The van der Waals surface area contributed by atoms with Gasteiger partial charge in [-0.3, -0.25) is 9.79 Å². The van der Waals surface area contributed by atoms with Crippen molar-refractivity contribution in [3.8, 4) is 0 Å². The molecule has 0 saturated heterocycles. The van der Waals surface area contributed by atoms with Crippen molar-refractivity contribution in [3.05, 3.63) is 0 Å². The Morgan fingerprint density at radius 1 is 1.44 bits per heavy atom. The summed E-state index contributed by atoms with van der Waals surface area (Å²) in [5, 5.41) is 6.94. The van der Waals surface area contributed by atoms with Crippen LogP contribution in [0.25, 0.3) is 0 Å². The molecule has 1 spiro atoms. The molecular weight excluding hydrogens is 246 g/mol. The molecule has 0 aromatic heterocycles. The number of nitrogens with one attached hydrogen (secondary N) is 2. The fourth-order valence-electron chi connectivity index (χ4n) is 2.62. The van der Waals surface area contributed by atoms with E-state index >= 15 is 0 Å². The van der Waals surface area contributed by atoms with E-state index in [1.165, 1.54) is 25.7 Å². The van der Waals surface area contributed by atoms with Gasteiger partial charge in [0.05, 0.1) is 6.54 Å². The Kier molecular flexibility index (Phi) is 4.54. The van der Waals surface area contributed by atoms with Crippen molar-refractivity contribution in [2.24, 2.45) is 10.4 Å². The first-order valence-electron chi connectivity index (χ1n) is 6.80. The van der Waals surface area contributed by atoms with Gasteiger partial charge in [-0.1, -0.05) is 24.6 Å². The third-order valence-electron chi connectivity index (χ3n) is 3.59. The Bertz CT molecular complexity index is 335. The molecule has 0 aromatic carbocycles. The molecular formula is C13H23N3OS. The number of carbonyl (C=O) groups is 1. The number of aliphatic imine (C=N–C) groups is 1. The first kappa shape index (κ1) is 13.7. The van der Waals surface area contributed by atoms with Gasteiger partial charge < -0.3 is 10.6 Å². The van der Waals surface area contributed by atoms with E-state index < -0.39 is 0 Å². The van der Waals surface area contributed by atoms with Crippen molar-refractivity contribution >= 4 is 22.8 Å². The Morgan fingerprint density at radius 3 is 2.72 bits per heavy atom. The van der Waals surface area contributed by atoms with E-state index in [1.54, 1.807) is 11.8 Å². The second-order valence-corrected chi connectivity index (χ2v) is 6.66. The van der Waals surface area contributed by atoms with Gasteiger partial charge in [-0.2, -0.15) is 0 Å². The van der Waals surface area contributed by atoms with Gasteiger partial charge in [-0.25, -0.2) is 0 Å². The summed E-state index contributed by atoms with van der Waals surface area (Å²) in [6.45, 7) is 5.20. The molecule has 0 bridgehead atoms.